The van der Waals surface area contributed by atoms with Gasteiger partial charge in [0, 0.05) is 7.05 Å². The maximum absolute atomic E-state index is 11.5. The Hall–Kier alpha value is -2.08. The molecule has 0 saturated carbocycles. The van der Waals surface area contributed by atoms with E-state index < -0.39 is 22.9 Å². The molecular weight excluding hydrogens is 857 g/mol. The molecule has 0 unspecified atom stereocenters. The van der Waals surface area contributed by atoms with Gasteiger partial charge in [0.1, 0.15) is 28.2 Å². The maximum Gasteiger partial charge on any atom is 0.353 e. The standard InChI is InChI=1S/C11H9NO4.C11H8O4.2C2H6.BI2.BI/c1-12-10(14)8-9(13)6-4-2-3-5-7(6)16-11(8)15;1-6(12)9-10(13)7-4-2-3-5-8(7)15-11(9)14;2*1-2;2-1-3;1-2/h2-5,13H,1H3,(H,12,14);2-5,13H,1H3;2*1-2H3;;. The van der Waals surface area contributed by atoms with Crippen LogP contribution in [-0.2, 0) is 0 Å². The average Bonchev–Trinajstić information content (AvgIpc) is 2.97. The highest BCUT2D eigenvalue weighted by molar-refractivity contribution is 14.3. The van der Waals surface area contributed by atoms with Gasteiger partial charge in [-0.1, -0.05) is 52.0 Å². The van der Waals surface area contributed by atoms with Crippen LogP contribution >= 0.6 is 67.1 Å². The molecule has 0 aliphatic heterocycles. The molecule has 9 nitrogen and oxygen atoms in total. The first-order valence-corrected chi connectivity index (χ1v) is 15.4. The maximum atomic E-state index is 11.5. The Morgan fingerprint density at radius 1 is 0.775 bits per heavy atom. The third-order valence-corrected chi connectivity index (χ3v) is 4.38. The van der Waals surface area contributed by atoms with Gasteiger partial charge in [0.05, 0.1) is 10.8 Å². The van der Waals surface area contributed by atoms with E-state index in [-0.39, 0.29) is 33.8 Å². The van der Waals surface area contributed by atoms with Crippen molar-refractivity contribution in [3.8, 4) is 11.5 Å². The Bertz CT molecular complexity index is 1480. The molecule has 0 fully saturated rings. The molecule has 0 aliphatic carbocycles. The van der Waals surface area contributed by atoms with Crippen LogP contribution in [0, 0.1) is 0 Å². The molecule has 2 heterocycles. The summed E-state index contributed by atoms with van der Waals surface area (Å²) in [6.45, 7) is 9.21. The summed E-state index contributed by atoms with van der Waals surface area (Å²) in [4.78, 5) is 45.3. The van der Waals surface area contributed by atoms with Crippen LogP contribution in [-0.4, -0.2) is 37.6 Å². The molecule has 14 heteroatoms. The van der Waals surface area contributed by atoms with Crippen LogP contribution in [0.4, 0.5) is 0 Å². The predicted octanol–water partition coefficient (Wildman–Crippen LogP) is 6.51. The molecule has 1 amide bonds. The van der Waals surface area contributed by atoms with Crippen LogP contribution in [0.5, 0.6) is 11.5 Å². The van der Waals surface area contributed by atoms with Gasteiger partial charge in [-0.2, -0.15) is 22.4 Å². The number of para-hydroxylation sites is 2. The van der Waals surface area contributed by atoms with E-state index in [1.54, 1.807) is 70.9 Å². The van der Waals surface area contributed by atoms with Gasteiger partial charge < -0.3 is 24.4 Å². The molecule has 2 aromatic carbocycles. The number of aromatic hydroxyl groups is 2. The van der Waals surface area contributed by atoms with Crippen molar-refractivity contribution in [3.63, 3.8) is 0 Å². The van der Waals surface area contributed by atoms with E-state index in [1.165, 1.54) is 14.0 Å². The van der Waals surface area contributed by atoms with Crippen LogP contribution in [0.1, 0.15) is 55.3 Å². The van der Waals surface area contributed by atoms with E-state index in [2.05, 4.69) is 55.8 Å². The number of Topliss-reactive ketones (excluding diaryl/α,β-unsaturated/α-hetero) is 1. The SMILES string of the molecule is CC.CC.CC(=O)c1c(O)c2ccccc2oc1=O.CNC(=O)c1c(O)c2ccccc2oc1=O.I[B]I.[B]I. The zero-order chi connectivity index (χ0) is 31.4. The summed E-state index contributed by atoms with van der Waals surface area (Å²) in [6.07, 6.45) is 0. The second kappa shape index (κ2) is 22.6. The quantitative estimate of drug-likeness (QED) is 0.0895. The minimum atomic E-state index is -0.851. The van der Waals surface area contributed by atoms with Gasteiger partial charge in [-0.05, 0) is 31.2 Å². The van der Waals surface area contributed by atoms with Crippen molar-refractivity contribution in [2.45, 2.75) is 34.6 Å². The van der Waals surface area contributed by atoms with E-state index in [1.807, 2.05) is 30.7 Å². The van der Waals surface area contributed by atoms with Gasteiger partial charge in [-0.25, -0.2) is 9.59 Å². The fourth-order valence-electron chi connectivity index (χ4n) is 2.90. The van der Waals surface area contributed by atoms with Crippen LogP contribution in [0.15, 0.2) is 67.0 Å². The molecule has 4 rings (SSSR count). The number of amides is 1. The van der Waals surface area contributed by atoms with Crippen LogP contribution in [0.3, 0.4) is 0 Å². The first-order valence-electron chi connectivity index (χ1n) is 11.6. The Kier molecular flexibility index (Phi) is 22.6. The molecule has 0 aliphatic rings. The number of carbonyl (C=O) groups excluding carboxylic acids is 2. The molecule has 2 aromatic heterocycles. The normalized spacial score (nSPS) is 8.82. The summed E-state index contributed by atoms with van der Waals surface area (Å²) in [7, 11) is 1.37. The molecule has 0 atom stereocenters. The molecule has 4 aromatic rings. The highest BCUT2D eigenvalue weighted by atomic mass is 127. The Balaban J connectivity index is 0. The summed E-state index contributed by atoms with van der Waals surface area (Å²) in [6, 6.07) is 13.0. The van der Waals surface area contributed by atoms with Gasteiger partial charge in [0.15, 0.2) is 17.0 Å². The van der Waals surface area contributed by atoms with E-state index >= 15 is 0 Å². The number of halogens is 3. The van der Waals surface area contributed by atoms with Crippen molar-refractivity contribution < 1.29 is 28.6 Å². The van der Waals surface area contributed by atoms with Crippen molar-refractivity contribution in [3.05, 3.63) is 80.5 Å². The summed E-state index contributed by atoms with van der Waals surface area (Å²) in [5, 5.41) is 22.5. The van der Waals surface area contributed by atoms with Crippen molar-refractivity contribution in [1.29, 1.82) is 0 Å². The average molecular weight is 886 g/mol. The fraction of sp³-hybridized carbons (Fsp3) is 0.231. The molecule has 0 bridgehead atoms. The smallest absolute Gasteiger partial charge is 0.353 e. The zero-order valence-electron chi connectivity index (χ0n) is 22.8. The zero-order valence-corrected chi connectivity index (χ0v) is 29.2. The van der Waals surface area contributed by atoms with Crippen molar-refractivity contribution in [1.82, 2.24) is 5.32 Å². The van der Waals surface area contributed by atoms with Gasteiger partial charge in [-0.3, -0.25) is 9.59 Å². The molecule has 3 N–H and O–H groups in total. The first kappa shape index (κ1) is 40.1. The third-order valence-electron chi connectivity index (χ3n) is 4.38. The number of nitrogens with one attached hydrogen (secondary N) is 1. The predicted molar refractivity (Wildman–Crippen MR) is 188 cm³/mol. The van der Waals surface area contributed by atoms with Gasteiger partial charge >= 0.3 is 11.3 Å². The van der Waals surface area contributed by atoms with Crippen molar-refractivity contribution >= 4 is 109 Å². The molecular formula is C26H29B2I3NO8. The number of ketones is 1. The summed E-state index contributed by atoms with van der Waals surface area (Å²) in [5.41, 5.74) is 2.66. The number of hydrogen-bond donors (Lipinski definition) is 3. The number of carbonyl (C=O) groups is 2. The van der Waals surface area contributed by atoms with E-state index in [0.29, 0.717) is 10.8 Å². The van der Waals surface area contributed by atoms with Crippen molar-refractivity contribution in [2.75, 3.05) is 7.05 Å². The molecule has 0 spiro atoms. The van der Waals surface area contributed by atoms with Crippen molar-refractivity contribution in [2.24, 2.45) is 0 Å². The Morgan fingerprint density at radius 3 is 1.45 bits per heavy atom. The largest absolute Gasteiger partial charge is 0.506 e. The fourth-order valence-corrected chi connectivity index (χ4v) is 2.90. The number of fused-ring (bicyclic) bond motifs is 2. The van der Waals surface area contributed by atoms with Gasteiger partial charge in [0.25, 0.3) is 8.90 Å². The van der Waals surface area contributed by atoms with Gasteiger partial charge in [0.2, 0.25) is 0 Å². The van der Waals surface area contributed by atoms with E-state index in [0.717, 1.165) is 0 Å². The van der Waals surface area contributed by atoms with Gasteiger partial charge in [-0.15, -0.1) is 44.7 Å². The Morgan fingerprint density at radius 2 is 1.10 bits per heavy atom. The topological polar surface area (TPSA) is 147 Å². The highest BCUT2D eigenvalue weighted by Gasteiger charge is 2.19. The lowest BCUT2D eigenvalue weighted by atomic mass is 10.1. The minimum Gasteiger partial charge on any atom is -0.506 e. The molecule has 3 radical (unpaired) electrons. The third kappa shape index (κ3) is 11.4. The Labute approximate surface area is 274 Å². The summed E-state index contributed by atoms with van der Waals surface area (Å²) in [5.74, 6) is -1.84. The van der Waals surface area contributed by atoms with Crippen LogP contribution in [0.25, 0.3) is 21.9 Å². The lowest BCUT2D eigenvalue weighted by Gasteiger charge is -2.04. The highest BCUT2D eigenvalue weighted by Crippen LogP contribution is 2.26. The van der Waals surface area contributed by atoms with Crippen LogP contribution in [0.2, 0.25) is 0 Å². The van der Waals surface area contributed by atoms with Crippen LogP contribution < -0.4 is 16.6 Å². The minimum absolute atomic E-state index is 0.248. The first-order chi connectivity index (χ1) is 19.2. The number of hydrogen-bond acceptors (Lipinski definition) is 8. The lowest BCUT2D eigenvalue weighted by molar-refractivity contribution is 0.0955. The second-order valence-corrected chi connectivity index (χ2v) is 10.1. The number of rotatable bonds is 2. The molecule has 0 saturated heterocycles. The molecule has 213 valence electrons. The van der Waals surface area contributed by atoms with E-state index in [9.17, 15) is 29.4 Å². The number of benzene rings is 2. The molecule has 40 heavy (non-hydrogen) atoms. The van der Waals surface area contributed by atoms with E-state index in [4.69, 9.17) is 8.83 Å². The second-order valence-electron chi connectivity index (χ2n) is 6.44. The lowest BCUT2D eigenvalue weighted by Crippen LogP contribution is -2.24. The summed E-state index contributed by atoms with van der Waals surface area (Å²) < 4.78 is 11.8. The monoisotopic (exact) mass is 886 g/mol. The summed E-state index contributed by atoms with van der Waals surface area (Å²) >= 11 is 5.95.